The van der Waals surface area contributed by atoms with Gasteiger partial charge >= 0.3 is 0 Å². The fraction of sp³-hybridized carbons (Fsp3) is 0.375. The lowest BCUT2D eigenvalue weighted by atomic mass is 9.84. The van der Waals surface area contributed by atoms with Crippen molar-refractivity contribution in [3.8, 4) is 17.3 Å². The number of aromatic nitrogens is 4. The summed E-state index contributed by atoms with van der Waals surface area (Å²) in [6, 6.07) is 6.57. The zero-order valence-electron chi connectivity index (χ0n) is 18.4. The highest BCUT2D eigenvalue weighted by Gasteiger charge is 2.29. The summed E-state index contributed by atoms with van der Waals surface area (Å²) in [5, 5.41) is 14.3. The number of hydrogen-bond acceptors (Lipinski definition) is 6. The van der Waals surface area contributed by atoms with E-state index in [4.69, 9.17) is 10.7 Å². The molecule has 1 aliphatic rings. The van der Waals surface area contributed by atoms with E-state index in [-0.39, 0.29) is 23.4 Å². The van der Waals surface area contributed by atoms with Gasteiger partial charge in [0.1, 0.15) is 23.4 Å². The number of nitrogens with zero attached hydrogens (tertiary/aromatic N) is 5. The van der Waals surface area contributed by atoms with Crippen molar-refractivity contribution in [3.63, 3.8) is 0 Å². The fourth-order valence-corrected chi connectivity index (χ4v) is 4.41. The average Bonchev–Trinajstić information content (AvgIpc) is 3.10. The van der Waals surface area contributed by atoms with E-state index in [0.717, 1.165) is 0 Å². The van der Waals surface area contributed by atoms with Crippen LogP contribution in [0.1, 0.15) is 65.6 Å². The topological polar surface area (TPSA) is 110 Å². The van der Waals surface area contributed by atoms with Crippen molar-refractivity contribution >= 4 is 11.6 Å². The minimum absolute atomic E-state index is 0.0407. The van der Waals surface area contributed by atoms with Crippen LogP contribution < -0.4 is 5.73 Å². The molecule has 0 saturated heterocycles. The number of nitrogens with two attached hydrogens (primary N) is 1. The Morgan fingerprint density at radius 2 is 2.12 bits per heavy atom. The Morgan fingerprint density at radius 3 is 2.84 bits per heavy atom. The highest BCUT2D eigenvalue weighted by molar-refractivity contribution is 5.99. The quantitative estimate of drug-likeness (QED) is 0.623. The van der Waals surface area contributed by atoms with Crippen LogP contribution in [0.3, 0.4) is 0 Å². The van der Waals surface area contributed by atoms with Crippen LogP contribution in [-0.2, 0) is 19.9 Å². The number of ketones is 1. The second kappa shape index (κ2) is 8.50. The molecule has 4 rings (SSSR count). The molecular weight excluding hydrogens is 407 g/mol. The molecular formula is C24H25FN6O. The third-order valence-corrected chi connectivity index (χ3v) is 6.29. The molecule has 8 heteroatoms. The maximum Gasteiger partial charge on any atom is 0.166 e. The van der Waals surface area contributed by atoms with Crippen LogP contribution in [0.15, 0.2) is 24.4 Å². The average molecular weight is 433 g/mol. The number of rotatable bonds is 1. The van der Waals surface area contributed by atoms with E-state index in [2.05, 4.69) is 16.2 Å². The second-order valence-corrected chi connectivity index (χ2v) is 8.34. The summed E-state index contributed by atoms with van der Waals surface area (Å²) in [6.45, 7) is 3.92. The number of carbonyl (C=O) groups excluding carboxylic acids is 1. The van der Waals surface area contributed by atoms with Gasteiger partial charge in [-0.3, -0.25) is 9.48 Å². The molecule has 1 aliphatic heterocycles. The summed E-state index contributed by atoms with van der Waals surface area (Å²) in [7, 11) is 1.70. The van der Waals surface area contributed by atoms with Crippen LogP contribution >= 0.6 is 0 Å². The van der Waals surface area contributed by atoms with E-state index in [0.29, 0.717) is 71.0 Å². The lowest BCUT2D eigenvalue weighted by molar-refractivity contribution is 0.0913. The zero-order valence-corrected chi connectivity index (χ0v) is 18.4. The van der Waals surface area contributed by atoms with Gasteiger partial charge in [0.15, 0.2) is 5.78 Å². The monoisotopic (exact) mass is 432 g/mol. The summed E-state index contributed by atoms with van der Waals surface area (Å²) in [6.07, 6.45) is 3.60. The molecule has 2 N–H and O–H groups in total. The van der Waals surface area contributed by atoms with Crippen LogP contribution in [0.4, 0.5) is 10.2 Å². The number of aryl methyl sites for hydroxylation is 2. The first-order valence-corrected chi connectivity index (χ1v) is 10.7. The number of hydrogen-bond donors (Lipinski definition) is 1. The van der Waals surface area contributed by atoms with Crippen molar-refractivity contribution in [2.45, 2.75) is 45.4 Å². The third kappa shape index (κ3) is 3.75. The van der Waals surface area contributed by atoms with E-state index >= 15 is 0 Å². The van der Waals surface area contributed by atoms with Gasteiger partial charge in [-0.2, -0.15) is 10.4 Å². The van der Waals surface area contributed by atoms with Gasteiger partial charge in [-0.1, -0.05) is 13.8 Å². The molecule has 7 nitrogen and oxygen atoms in total. The molecule has 0 aliphatic carbocycles. The van der Waals surface area contributed by atoms with Crippen LogP contribution in [0.5, 0.6) is 0 Å². The molecule has 164 valence electrons. The lowest BCUT2D eigenvalue weighted by Crippen LogP contribution is -2.20. The Hall–Kier alpha value is -3.60. The number of nitrogen functional groups attached to an aromatic ring is 1. The molecule has 2 aromatic heterocycles. The van der Waals surface area contributed by atoms with Crippen molar-refractivity contribution in [2.75, 3.05) is 5.73 Å². The third-order valence-electron chi connectivity index (χ3n) is 6.29. The molecule has 0 amide bonds. The van der Waals surface area contributed by atoms with E-state index in [1.807, 2.05) is 13.8 Å². The van der Waals surface area contributed by atoms with Gasteiger partial charge in [-0.15, -0.1) is 0 Å². The molecule has 2 atom stereocenters. The molecule has 3 aromatic rings. The predicted molar refractivity (Wildman–Crippen MR) is 118 cm³/mol. The standard InChI is InChI=1S/C24H25FN6O/c1-4-14-9-19-22(21(11-26)31(3)30-19)20-12-28-24(27)18(29-20)8-5-13(2)17-10-15(25)6-7-16(17)23(14)32/h6-7,10,12-14H,4-5,8-9H2,1-3H3,(H2,27,28)/t13-,14?/m0/s1. The number of Topliss-reactive ketones (excluding diaryl/α,β-unsaturated/α-hetero) is 1. The Bertz CT molecular complexity index is 1240. The molecule has 3 heterocycles. The summed E-state index contributed by atoms with van der Waals surface area (Å²) in [4.78, 5) is 22.6. The fourth-order valence-electron chi connectivity index (χ4n) is 4.41. The normalized spacial score (nSPS) is 18.5. The molecule has 0 fully saturated rings. The van der Waals surface area contributed by atoms with E-state index in [9.17, 15) is 14.4 Å². The zero-order chi connectivity index (χ0) is 23.0. The number of anilines is 1. The first-order chi connectivity index (χ1) is 15.3. The highest BCUT2D eigenvalue weighted by atomic mass is 19.1. The molecule has 0 radical (unpaired) electrons. The number of fused-ring (bicyclic) bond motifs is 5. The van der Waals surface area contributed by atoms with E-state index < -0.39 is 0 Å². The van der Waals surface area contributed by atoms with E-state index in [1.54, 1.807) is 19.3 Å². The van der Waals surface area contributed by atoms with Gasteiger partial charge in [-0.05, 0) is 48.9 Å². The van der Waals surface area contributed by atoms with Crippen molar-refractivity contribution in [1.82, 2.24) is 19.7 Å². The van der Waals surface area contributed by atoms with Gasteiger partial charge < -0.3 is 5.73 Å². The molecule has 0 spiro atoms. The predicted octanol–water partition coefficient (Wildman–Crippen LogP) is 3.97. The van der Waals surface area contributed by atoms with Crippen LogP contribution in [-0.4, -0.2) is 25.5 Å². The van der Waals surface area contributed by atoms with Gasteiger partial charge in [0.25, 0.3) is 0 Å². The number of halogens is 1. The smallest absolute Gasteiger partial charge is 0.166 e. The van der Waals surface area contributed by atoms with Crippen LogP contribution in [0.2, 0.25) is 0 Å². The second-order valence-electron chi connectivity index (χ2n) is 8.34. The molecule has 2 bridgehead atoms. The Balaban J connectivity index is 1.95. The molecule has 32 heavy (non-hydrogen) atoms. The maximum absolute atomic E-state index is 14.1. The first-order valence-electron chi connectivity index (χ1n) is 10.7. The Labute approximate surface area is 186 Å². The molecule has 0 saturated carbocycles. The summed E-state index contributed by atoms with van der Waals surface area (Å²) in [5.74, 6) is -0.534. The van der Waals surface area contributed by atoms with Crippen molar-refractivity contribution in [1.29, 1.82) is 5.26 Å². The SMILES string of the molecule is CCC1Cc2nn(C)c(C#N)c2-c2cnc(N)c(n2)CC[C@H](C)c2cc(F)ccc2C1=O. The van der Waals surface area contributed by atoms with Crippen molar-refractivity contribution in [3.05, 3.63) is 58.4 Å². The lowest BCUT2D eigenvalue weighted by Gasteiger charge is -2.19. The van der Waals surface area contributed by atoms with Crippen molar-refractivity contribution in [2.24, 2.45) is 13.0 Å². The first kappa shape index (κ1) is 21.6. The minimum atomic E-state index is -0.368. The summed E-state index contributed by atoms with van der Waals surface area (Å²) in [5.41, 5.74) is 10.0. The maximum atomic E-state index is 14.1. The molecule has 1 aromatic carbocycles. The number of carbonyl (C=O) groups is 1. The van der Waals surface area contributed by atoms with Gasteiger partial charge in [0.05, 0.1) is 28.8 Å². The van der Waals surface area contributed by atoms with Crippen molar-refractivity contribution < 1.29 is 9.18 Å². The summed E-state index contributed by atoms with van der Waals surface area (Å²) >= 11 is 0. The largest absolute Gasteiger partial charge is 0.382 e. The Kier molecular flexibility index (Phi) is 5.74. The van der Waals surface area contributed by atoms with Crippen LogP contribution in [0, 0.1) is 23.1 Å². The molecule has 1 unspecified atom stereocenters. The van der Waals surface area contributed by atoms with E-state index in [1.165, 1.54) is 16.8 Å². The minimum Gasteiger partial charge on any atom is -0.382 e. The number of benzene rings is 1. The van der Waals surface area contributed by atoms with Crippen LogP contribution in [0.25, 0.3) is 11.3 Å². The Morgan fingerprint density at radius 1 is 1.34 bits per heavy atom. The number of nitriles is 1. The summed E-state index contributed by atoms with van der Waals surface area (Å²) < 4.78 is 15.6. The van der Waals surface area contributed by atoms with Gasteiger partial charge in [-0.25, -0.2) is 14.4 Å². The highest BCUT2D eigenvalue weighted by Crippen LogP contribution is 2.33. The van der Waals surface area contributed by atoms with Gasteiger partial charge in [0, 0.05) is 24.9 Å². The van der Waals surface area contributed by atoms with Gasteiger partial charge in [0.2, 0.25) is 0 Å².